The van der Waals surface area contributed by atoms with Gasteiger partial charge >= 0.3 is 0 Å². The molecule has 0 aromatic rings. The predicted octanol–water partition coefficient (Wildman–Crippen LogP) is 2.28. The van der Waals surface area contributed by atoms with Gasteiger partial charge in [-0.2, -0.15) is 0 Å². The second kappa shape index (κ2) is 17.7. The number of carbonyl (C=O) groups excluding carboxylic acids is 3. The minimum atomic E-state index is -0.364. The Morgan fingerprint density at radius 1 is 0.765 bits per heavy atom. The lowest BCUT2D eigenvalue weighted by Crippen LogP contribution is -2.43. The van der Waals surface area contributed by atoms with Crippen molar-refractivity contribution < 1.29 is 28.6 Å². The Balaban J connectivity index is 3.73. The summed E-state index contributed by atoms with van der Waals surface area (Å²) in [6.07, 6.45) is 2.44. The van der Waals surface area contributed by atoms with Crippen LogP contribution in [0.25, 0.3) is 0 Å². The van der Waals surface area contributed by atoms with Crippen LogP contribution in [0.5, 0.6) is 0 Å². The van der Waals surface area contributed by atoms with Crippen LogP contribution in [-0.2, 0) is 28.6 Å². The number of hydrogen-bond acceptors (Lipinski definition) is 6. The van der Waals surface area contributed by atoms with Gasteiger partial charge in [0.1, 0.15) is 6.61 Å². The Hall–Kier alpha value is -1.71. The van der Waals surface area contributed by atoms with Gasteiger partial charge in [-0.05, 0) is 24.2 Å². The van der Waals surface area contributed by atoms with Crippen LogP contribution in [0.1, 0.15) is 67.7 Å². The first-order valence-electron chi connectivity index (χ1n) is 12.4. The van der Waals surface area contributed by atoms with Gasteiger partial charge in [0.25, 0.3) is 0 Å². The summed E-state index contributed by atoms with van der Waals surface area (Å²) in [6, 6.07) is 0. The first-order chi connectivity index (χ1) is 15.9. The van der Waals surface area contributed by atoms with E-state index in [0.29, 0.717) is 51.9 Å². The molecule has 0 saturated heterocycles. The molecule has 3 amide bonds. The van der Waals surface area contributed by atoms with Crippen molar-refractivity contribution in [3.05, 3.63) is 0 Å². The maximum absolute atomic E-state index is 12.0. The molecular weight excluding hydrogens is 438 g/mol. The molecule has 0 aliphatic carbocycles. The van der Waals surface area contributed by atoms with Crippen LogP contribution in [0, 0.1) is 16.7 Å². The minimum Gasteiger partial charge on any atom is -0.380 e. The van der Waals surface area contributed by atoms with Crippen LogP contribution < -0.4 is 16.0 Å². The van der Waals surface area contributed by atoms with E-state index in [4.69, 9.17) is 14.2 Å². The zero-order chi connectivity index (χ0) is 26.0. The molecule has 200 valence electrons. The maximum Gasteiger partial charge on any atom is 0.246 e. The summed E-state index contributed by atoms with van der Waals surface area (Å²) < 4.78 is 16.4. The lowest BCUT2D eigenvalue weighted by atomic mass is 9.91. The number of nitrogens with one attached hydrogen (secondary N) is 3. The van der Waals surface area contributed by atoms with Gasteiger partial charge in [0, 0.05) is 24.9 Å². The quantitative estimate of drug-likeness (QED) is 0.227. The second-order valence-electron chi connectivity index (χ2n) is 10.7. The van der Waals surface area contributed by atoms with Crippen molar-refractivity contribution in [1.29, 1.82) is 0 Å². The van der Waals surface area contributed by atoms with Crippen molar-refractivity contribution in [2.45, 2.75) is 67.7 Å². The Morgan fingerprint density at radius 2 is 1.41 bits per heavy atom. The highest BCUT2D eigenvalue weighted by molar-refractivity contribution is 5.85. The van der Waals surface area contributed by atoms with Gasteiger partial charge in [0.2, 0.25) is 17.7 Å². The van der Waals surface area contributed by atoms with E-state index in [9.17, 15) is 14.4 Å². The Kier molecular flexibility index (Phi) is 16.8. The third kappa shape index (κ3) is 19.7. The Bertz CT molecular complexity index is 593. The first-order valence-corrected chi connectivity index (χ1v) is 12.4. The summed E-state index contributed by atoms with van der Waals surface area (Å²) >= 11 is 0. The van der Waals surface area contributed by atoms with E-state index in [1.165, 1.54) is 0 Å². The molecule has 0 heterocycles. The highest BCUT2D eigenvalue weighted by atomic mass is 16.5. The fraction of sp³-hybridized carbons (Fsp3) is 0.880. The first kappa shape index (κ1) is 32.3. The van der Waals surface area contributed by atoms with Gasteiger partial charge in [-0.25, -0.2) is 0 Å². The lowest BCUT2D eigenvalue weighted by molar-refractivity contribution is -0.129. The fourth-order valence-corrected chi connectivity index (χ4v) is 2.54. The molecule has 0 bridgehead atoms. The van der Waals surface area contributed by atoms with Crippen LogP contribution in [0.15, 0.2) is 0 Å². The number of rotatable bonds is 20. The van der Waals surface area contributed by atoms with Gasteiger partial charge in [-0.1, -0.05) is 48.5 Å². The van der Waals surface area contributed by atoms with E-state index in [2.05, 4.69) is 50.6 Å². The van der Waals surface area contributed by atoms with Crippen molar-refractivity contribution in [3.63, 3.8) is 0 Å². The number of amides is 3. The van der Waals surface area contributed by atoms with E-state index >= 15 is 0 Å². The van der Waals surface area contributed by atoms with Gasteiger partial charge in [0.15, 0.2) is 0 Å². The highest BCUT2D eigenvalue weighted by Crippen LogP contribution is 2.22. The molecule has 0 spiro atoms. The number of carbonyl (C=O) groups is 3. The molecule has 0 aromatic heterocycles. The number of hydrogen-bond donors (Lipinski definition) is 3. The summed E-state index contributed by atoms with van der Waals surface area (Å²) in [7, 11) is 0. The molecule has 0 radical (unpaired) electrons. The molecule has 0 aliphatic rings. The Labute approximate surface area is 206 Å². The fourth-order valence-electron chi connectivity index (χ4n) is 2.54. The summed E-state index contributed by atoms with van der Waals surface area (Å²) in [5.41, 5.74) is -0.0637. The summed E-state index contributed by atoms with van der Waals surface area (Å²) in [6.45, 7) is 17.5. The van der Waals surface area contributed by atoms with Gasteiger partial charge in [-0.3, -0.25) is 14.4 Å². The van der Waals surface area contributed by atoms with Crippen molar-refractivity contribution in [2.24, 2.45) is 16.7 Å². The molecule has 0 aromatic carbocycles. The van der Waals surface area contributed by atoms with Crippen LogP contribution in [0.3, 0.4) is 0 Å². The predicted molar refractivity (Wildman–Crippen MR) is 133 cm³/mol. The second-order valence-corrected chi connectivity index (χ2v) is 10.7. The number of ether oxygens (including phenoxy) is 3. The summed E-state index contributed by atoms with van der Waals surface area (Å²) in [5.74, 6) is -0.0840. The van der Waals surface area contributed by atoms with E-state index in [1.807, 2.05) is 13.8 Å². The molecule has 0 aliphatic heterocycles. The molecule has 0 rings (SSSR count). The molecule has 34 heavy (non-hydrogen) atoms. The largest absolute Gasteiger partial charge is 0.380 e. The average molecular weight is 488 g/mol. The molecule has 0 atom stereocenters. The molecule has 9 heteroatoms. The van der Waals surface area contributed by atoms with Crippen LogP contribution in [0.2, 0.25) is 0 Å². The minimum absolute atomic E-state index is 0.0298. The summed E-state index contributed by atoms with van der Waals surface area (Å²) in [4.78, 5) is 35.4. The van der Waals surface area contributed by atoms with E-state index in [1.54, 1.807) is 0 Å². The SMILES string of the molecule is CCC(C)(C)COCC(C)(C)CNC(=O)CNC(=O)COCCOCCNC(=O)CCC(C)C. The molecule has 0 fully saturated rings. The third-order valence-electron chi connectivity index (χ3n) is 5.28. The zero-order valence-corrected chi connectivity index (χ0v) is 22.5. The summed E-state index contributed by atoms with van der Waals surface area (Å²) in [5, 5.41) is 8.17. The molecule has 0 unspecified atom stereocenters. The molecular formula is C25H49N3O6. The van der Waals surface area contributed by atoms with Crippen LogP contribution in [-0.4, -0.2) is 77.0 Å². The topological polar surface area (TPSA) is 115 Å². The normalized spacial score (nSPS) is 12.0. The molecule has 9 nitrogen and oxygen atoms in total. The van der Waals surface area contributed by atoms with Crippen LogP contribution >= 0.6 is 0 Å². The van der Waals surface area contributed by atoms with Gasteiger partial charge < -0.3 is 30.2 Å². The maximum atomic E-state index is 12.0. The monoisotopic (exact) mass is 487 g/mol. The van der Waals surface area contributed by atoms with Gasteiger partial charge in [-0.15, -0.1) is 0 Å². The molecule has 3 N–H and O–H groups in total. The van der Waals surface area contributed by atoms with E-state index in [0.717, 1.165) is 12.8 Å². The average Bonchev–Trinajstić information content (AvgIpc) is 2.76. The Morgan fingerprint density at radius 3 is 2.06 bits per heavy atom. The third-order valence-corrected chi connectivity index (χ3v) is 5.28. The van der Waals surface area contributed by atoms with Crippen molar-refractivity contribution in [1.82, 2.24) is 16.0 Å². The van der Waals surface area contributed by atoms with Crippen molar-refractivity contribution in [2.75, 3.05) is 59.3 Å². The van der Waals surface area contributed by atoms with Gasteiger partial charge in [0.05, 0.1) is 39.6 Å². The lowest BCUT2D eigenvalue weighted by Gasteiger charge is -2.28. The van der Waals surface area contributed by atoms with Crippen molar-refractivity contribution >= 4 is 17.7 Å². The van der Waals surface area contributed by atoms with E-state index in [-0.39, 0.29) is 48.3 Å². The van der Waals surface area contributed by atoms with E-state index < -0.39 is 0 Å². The molecule has 0 saturated carbocycles. The standard InChI is InChI=1S/C25H49N3O6/c1-8-24(4,5)18-34-19-25(6,7)17-28-22(30)15-27-23(31)16-33-14-13-32-12-11-26-21(29)10-9-20(2)3/h20H,8-19H2,1-7H3,(H,26,29)(H,27,31)(H,28,30). The zero-order valence-electron chi connectivity index (χ0n) is 22.5. The van der Waals surface area contributed by atoms with Crippen molar-refractivity contribution in [3.8, 4) is 0 Å². The van der Waals surface area contributed by atoms with Crippen LogP contribution in [0.4, 0.5) is 0 Å². The smallest absolute Gasteiger partial charge is 0.246 e. The highest BCUT2D eigenvalue weighted by Gasteiger charge is 2.22.